The number of pyridine rings is 2. The summed E-state index contributed by atoms with van der Waals surface area (Å²) in [6, 6.07) is 5.31. The molecule has 1 fully saturated rings. The summed E-state index contributed by atoms with van der Waals surface area (Å²) in [5.41, 5.74) is 0.0601. The van der Waals surface area contributed by atoms with Gasteiger partial charge in [-0.1, -0.05) is 11.6 Å². The molecule has 1 aliphatic rings. The van der Waals surface area contributed by atoms with Crippen LogP contribution in [-0.2, 0) is 4.74 Å². The van der Waals surface area contributed by atoms with Crippen molar-refractivity contribution in [2.75, 3.05) is 36.4 Å². The van der Waals surface area contributed by atoms with Gasteiger partial charge in [0.15, 0.2) is 0 Å². The lowest BCUT2D eigenvalue weighted by Crippen LogP contribution is -2.50. The molecule has 0 atom stereocenters. The van der Waals surface area contributed by atoms with Crippen molar-refractivity contribution in [2.24, 2.45) is 0 Å². The normalized spacial score (nSPS) is 14.5. The first-order chi connectivity index (χ1) is 15.2. The van der Waals surface area contributed by atoms with Gasteiger partial charge in [-0.25, -0.2) is 19.9 Å². The Labute approximate surface area is 189 Å². The SMILES string of the molecule is CC(C)(C)OC(=O)N1CCN(c2ccc(Nc3nc(Cl)cc4cn[nH]c(=O)c34)nc2)CC1. The van der Waals surface area contributed by atoms with Gasteiger partial charge in [0.2, 0.25) is 0 Å². The Morgan fingerprint density at radius 2 is 1.94 bits per heavy atom. The molecule has 11 heteroatoms. The topological polar surface area (TPSA) is 116 Å². The first-order valence-electron chi connectivity index (χ1n) is 10.2. The van der Waals surface area contributed by atoms with Crippen molar-refractivity contribution in [1.82, 2.24) is 25.1 Å². The van der Waals surface area contributed by atoms with Gasteiger partial charge in [0, 0.05) is 31.6 Å². The molecule has 1 aliphatic heterocycles. The van der Waals surface area contributed by atoms with E-state index in [-0.39, 0.29) is 16.8 Å². The summed E-state index contributed by atoms with van der Waals surface area (Å²) in [7, 11) is 0. The van der Waals surface area contributed by atoms with Gasteiger partial charge < -0.3 is 19.9 Å². The lowest BCUT2D eigenvalue weighted by molar-refractivity contribution is 0.0240. The Morgan fingerprint density at radius 1 is 1.19 bits per heavy atom. The summed E-state index contributed by atoms with van der Waals surface area (Å²) < 4.78 is 5.44. The molecule has 0 unspecified atom stereocenters. The average molecular weight is 458 g/mol. The lowest BCUT2D eigenvalue weighted by atomic mass is 10.2. The number of rotatable bonds is 3. The van der Waals surface area contributed by atoms with Crippen molar-refractivity contribution >= 4 is 45.8 Å². The third kappa shape index (κ3) is 4.91. The van der Waals surface area contributed by atoms with Crippen molar-refractivity contribution in [1.29, 1.82) is 0 Å². The van der Waals surface area contributed by atoms with Gasteiger partial charge in [-0.15, -0.1) is 0 Å². The van der Waals surface area contributed by atoms with E-state index in [0.717, 1.165) is 5.69 Å². The molecule has 4 rings (SSSR count). The van der Waals surface area contributed by atoms with Crippen LogP contribution in [0.15, 0.2) is 35.4 Å². The molecule has 2 N–H and O–H groups in total. The molecule has 0 bridgehead atoms. The Balaban J connectivity index is 1.43. The van der Waals surface area contributed by atoms with Crippen molar-refractivity contribution in [3.63, 3.8) is 0 Å². The highest BCUT2D eigenvalue weighted by atomic mass is 35.5. The van der Waals surface area contributed by atoms with Crippen LogP contribution in [0.1, 0.15) is 20.8 Å². The number of nitrogens with zero attached hydrogens (tertiary/aromatic N) is 5. The number of carbonyl (C=O) groups excluding carboxylic acids is 1. The predicted octanol–water partition coefficient (Wildman–Crippen LogP) is 3.17. The molecular formula is C21H24ClN7O3. The summed E-state index contributed by atoms with van der Waals surface area (Å²) in [6.07, 6.45) is 2.97. The van der Waals surface area contributed by atoms with Gasteiger partial charge in [-0.3, -0.25) is 4.79 Å². The molecule has 32 heavy (non-hydrogen) atoms. The average Bonchev–Trinajstić information content (AvgIpc) is 2.73. The zero-order valence-electron chi connectivity index (χ0n) is 18.1. The second-order valence-electron chi connectivity index (χ2n) is 8.44. The highest BCUT2D eigenvalue weighted by Crippen LogP contribution is 2.25. The number of aromatic nitrogens is 4. The summed E-state index contributed by atoms with van der Waals surface area (Å²) in [4.78, 5) is 37.0. The van der Waals surface area contributed by atoms with Crippen LogP contribution in [0, 0.1) is 0 Å². The number of carbonyl (C=O) groups is 1. The fourth-order valence-electron chi connectivity index (χ4n) is 3.42. The van der Waals surface area contributed by atoms with E-state index in [1.807, 2.05) is 26.8 Å². The fourth-order valence-corrected chi connectivity index (χ4v) is 3.62. The number of hydrogen-bond acceptors (Lipinski definition) is 8. The summed E-state index contributed by atoms with van der Waals surface area (Å²) in [6.45, 7) is 8.08. The first kappa shape index (κ1) is 21.8. The van der Waals surface area contributed by atoms with Crippen LogP contribution in [0.3, 0.4) is 0 Å². The van der Waals surface area contributed by atoms with Crippen LogP contribution in [0.2, 0.25) is 5.15 Å². The quantitative estimate of drug-likeness (QED) is 0.576. The number of fused-ring (bicyclic) bond motifs is 1. The molecule has 4 heterocycles. The number of hydrogen-bond donors (Lipinski definition) is 2. The van der Waals surface area contributed by atoms with E-state index in [9.17, 15) is 9.59 Å². The molecular weight excluding hydrogens is 434 g/mol. The molecule has 0 spiro atoms. The van der Waals surface area contributed by atoms with Gasteiger partial charge in [0.05, 0.1) is 23.5 Å². The molecule has 3 aromatic heterocycles. The second kappa shape index (κ2) is 8.62. The Bertz CT molecular complexity index is 1180. The standard InChI is InChI=1S/C21H24ClN7O3/c1-21(2,3)32-20(31)29-8-6-28(7-9-29)14-4-5-16(23-12-14)26-18-17-13(10-15(22)25-18)11-24-27-19(17)30/h4-5,10-12H,6-9H2,1-3H3,(H,27,30)(H,23,25,26). The van der Waals surface area contributed by atoms with Crippen molar-refractivity contribution in [3.8, 4) is 0 Å². The monoisotopic (exact) mass is 457 g/mol. The third-order valence-corrected chi connectivity index (χ3v) is 5.10. The van der Waals surface area contributed by atoms with Gasteiger partial charge in [0.1, 0.15) is 22.4 Å². The van der Waals surface area contributed by atoms with Crippen LogP contribution in [0.25, 0.3) is 10.8 Å². The minimum absolute atomic E-state index is 0.242. The van der Waals surface area contributed by atoms with E-state index in [0.29, 0.717) is 48.6 Å². The molecule has 0 aliphatic carbocycles. The molecule has 0 radical (unpaired) electrons. The molecule has 1 amide bonds. The lowest BCUT2D eigenvalue weighted by Gasteiger charge is -2.36. The van der Waals surface area contributed by atoms with Crippen LogP contribution in [0.4, 0.5) is 22.1 Å². The summed E-state index contributed by atoms with van der Waals surface area (Å²) in [5.74, 6) is 0.829. The second-order valence-corrected chi connectivity index (χ2v) is 8.83. The molecule has 0 aromatic carbocycles. The fraction of sp³-hybridized carbons (Fsp3) is 0.381. The van der Waals surface area contributed by atoms with Crippen molar-refractivity contribution < 1.29 is 9.53 Å². The molecule has 0 saturated carbocycles. The molecule has 1 saturated heterocycles. The Kier molecular flexibility index (Phi) is 5.88. The Morgan fingerprint density at radius 3 is 2.59 bits per heavy atom. The van der Waals surface area contributed by atoms with Gasteiger partial charge in [0.25, 0.3) is 5.56 Å². The van der Waals surface area contributed by atoms with Crippen LogP contribution in [0.5, 0.6) is 0 Å². The largest absolute Gasteiger partial charge is 0.444 e. The number of nitrogens with one attached hydrogen (secondary N) is 2. The van der Waals surface area contributed by atoms with Crippen LogP contribution >= 0.6 is 11.6 Å². The third-order valence-electron chi connectivity index (χ3n) is 4.91. The number of ether oxygens (including phenoxy) is 1. The van der Waals surface area contributed by atoms with E-state index in [2.05, 4.69) is 30.4 Å². The Hall–Kier alpha value is -3.40. The summed E-state index contributed by atoms with van der Waals surface area (Å²) in [5, 5.41) is 10.4. The minimum Gasteiger partial charge on any atom is -0.444 e. The number of H-pyrrole nitrogens is 1. The minimum atomic E-state index is -0.508. The van der Waals surface area contributed by atoms with Crippen molar-refractivity contribution in [2.45, 2.75) is 26.4 Å². The highest BCUT2D eigenvalue weighted by Gasteiger charge is 2.26. The summed E-state index contributed by atoms with van der Waals surface area (Å²) >= 11 is 6.08. The van der Waals surface area contributed by atoms with E-state index < -0.39 is 5.60 Å². The molecule has 3 aromatic rings. The van der Waals surface area contributed by atoms with E-state index >= 15 is 0 Å². The molecule has 168 valence electrons. The van der Waals surface area contributed by atoms with Crippen LogP contribution < -0.4 is 15.8 Å². The smallest absolute Gasteiger partial charge is 0.410 e. The van der Waals surface area contributed by atoms with Crippen molar-refractivity contribution in [3.05, 3.63) is 46.1 Å². The number of piperazine rings is 1. The maximum absolute atomic E-state index is 12.2. The van der Waals surface area contributed by atoms with Gasteiger partial charge in [-0.05, 0) is 39.0 Å². The first-order valence-corrected chi connectivity index (χ1v) is 10.6. The number of amides is 1. The van der Waals surface area contributed by atoms with E-state index in [1.165, 1.54) is 6.20 Å². The van der Waals surface area contributed by atoms with Gasteiger partial charge >= 0.3 is 6.09 Å². The number of aromatic amines is 1. The maximum Gasteiger partial charge on any atom is 0.410 e. The van der Waals surface area contributed by atoms with Gasteiger partial charge in [-0.2, -0.15) is 5.10 Å². The predicted molar refractivity (Wildman–Crippen MR) is 123 cm³/mol. The van der Waals surface area contributed by atoms with E-state index in [4.69, 9.17) is 16.3 Å². The zero-order chi connectivity index (χ0) is 22.9. The van der Waals surface area contributed by atoms with Crippen LogP contribution in [-0.4, -0.2) is 62.9 Å². The number of halogens is 1. The van der Waals surface area contributed by atoms with E-state index in [1.54, 1.807) is 23.2 Å². The zero-order valence-corrected chi connectivity index (χ0v) is 18.8. The molecule has 10 nitrogen and oxygen atoms in total. The maximum atomic E-state index is 12.2. The highest BCUT2D eigenvalue weighted by molar-refractivity contribution is 6.30. The number of anilines is 3.